The number of nitrogens with one attached hydrogen (secondary N) is 1. The maximum atomic E-state index is 6.00. The number of rotatable bonds is 8. The van der Waals surface area contributed by atoms with Crippen LogP contribution in [0.3, 0.4) is 0 Å². The third kappa shape index (κ3) is 6.78. The Morgan fingerprint density at radius 3 is 2.62 bits per heavy atom. The number of likely N-dealkylation sites (tertiary alicyclic amines) is 1. The van der Waals surface area contributed by atoms with Crippen LogP contribution >= 0.6 is 0 Å². The summed E-state index contributed by atoms with van der Waals surface area (Å²) in [6, 6.07) is 7.68. The monoisotopic (exact) mass is 404 g/mol. The Kier molecular flexibility index (Phi) is 8.43. The summed E-state index contributed by atoms with van der Waals surface area (Å²) in [6.45, 7) is 12.8. The normalized spacial score (nSPS) is 21.8. The lowest BCUT2D eigenvalue weighted by Crippen LogP contribution is -2.42. The predicted molar refractivity (Wildman–Crippen MR) is 116 cm³/mol. The van der Waals surface area contributed by atoms with Gasteiger partial charge in [-0.2, -0.15) is 0 Å². The minimum absolute atomic E-state index is 0.00352. The lowest BCUT2D eigenvalue weighted by atomic mass is 10.1. The zero-order valence-corrected chi connectivity index (χ0v) is 18.1. The van der Waals surface area contributed by atoms with Crippen molar-refractivity contribution in [1.29, 1.82) is 0 Å². The number of nitrogens with zero attached hydrogens (tertiary/aromatic N) is 3. The molecule has 0 aliphatic carbocycles. The van der Waals surface area contributed by atoms with E-state index >= 15 is 0 Å². The van der Waals surface area contributed by atoms with E-state index in [9.17, 15) is 0 Å². The molecule has 29 heavy (non-hydrogen) atoms. The van der Waals surface area contributed by atoms with Gasteiger partial charge in [-0.05, 0) is 50.5 Å². The fourth-order valence-electron chi connectivity index (χ4n) is 3.89. The second kappa shape index (κ2) is 11.3. The third-order valence-corrected chi connectivity index (χ3v) is 5.44. The van der Waals surface area contributed by atoms with Gasteiger partial charge in [-0.3, -0.25) is 4.90 Å². The highest BCUT2D eigenvalue weighted by molar-refractivity contribution is 5.80. The van der Waals surface area contributed by atoms with Crippen LogP contribution in [0.4, 0.5) is 0 Å². The number of benzene rings is 1. The Morgan fingerprint density at radius 1 is 1.21 bits per heavy atom. The van der Waals surface area contributed by atoms with E-state index in [1.54, 1.807) is 7.11 Å². The largest absolute Gasteiger partial charge is 0.497 e. The summed E-state index contributed by atoms with van der Waals surface area (Å²) in [5, 5.41) is 3.45. The summed E-state index contributed by atoms with van der Waals surface area (Å²) in [5.74, 6) is 3.37. The lowest BCUT2D eigenvalue weighted by molar-refractivity contribution is 0.0315. The van der Waals surface area contributed by atoms with Crippen LogP contribution in [0, 0.1) is 5.92 Å². The van der Waals surface area contributed by atoms with Crippen molar-refractivity contribution in [3.63, 3.8) is 0 Å². The van der Waals surface area contributed by atoms with Crippen molar-refractivity contribution in [2.24, 2.45) is 10.9 Å². The number of ether oxygens (including phenoxy) is 3. The van der Waals surface area contributed by atoms with Gasteiger partial charge in [0.15, 0.2) is 5.96 Å². The molecule has 7 nitrogen and oxygen atoms in total. The predicted octanol–water partition coefficient (Wildman–Crippen LogP) is 2.08. The summed E-state index contributed by atoms with van der Waals surface area (Å²) in [4.78, 5) is 9.79. The Morgan fingerprint density at radius 2 is 1.93 bits per heavy atom. The molecule has 2 unspecified atom stereocenters. The molecule has 3 rings (SSSR count). The molecule has 0 radical (unpaired) electrons. The van der Waals surface area contributed by atoms with Crippen molar-refractivity contribution in [3.05, 3.63) is 24.3 Å². The summed E-state index contributed by atoms with van der Waals surface area (Å²) in [6.07, 6.45) is 1.23. The standard InChI is InChI=1S/C22H36N4O3/c1-4-23-22(24-15-18(2)29-21-7-5-20(27-3)6-8-21)26-10-9-19(17-26)16-25-11-13-28-14-12-25/h5-8,18-19H,4,9-17H2,1-3H3,(H,23,24). The van der Waals surface area contributed by atoms with E-state index < -0.39 is 0 Å². The number of hydrogen-bond donors (Lipinski definition) is 1. The summed E-state index contributed by atoms with van der Waals surface area (Å²) in [5.41, 5.74) is 0. The highest BCUT2D eigenvalue weighted by atomic mass is 16.5. The lowest BCUT2D eigenvalue weighted by Gasteiger charge is -2.29. The zero-order chi connectivity index (χ0) is 20.5. The van der Waals surface area contributed by atoms with Gasteiger partial charge >= 0.3 is 0 Å². The second-order valence-electron chi connectivity index (χ2n) is 7.81. The van der Waals surface area contributed by atoms with E-state index in [0.717, 1.165) is 69.9 Å². The van der Waals surface area contributed by atoms with Crippen LogP contribution in [-0.4, -0.2) is 88.0 Å². The molecule has 162 valence electrons. The molecular weight excluding hydrogens is 368 g/mol. The fourth-order valence-corrected chi connectivity index (χ4v) is 3.89. The molecule has 2 fully saturated rings. The van der Waals surface area contributed by atoms with Crippen LogP contribution in [0.2, 0.25) is 0 Å². The molecule has 2 aliphatic heterocycles. The maximum Gasteiger partial charge on any atom is 0.194 e. The van der Waals surface area contributed by atoms with Gasteiger partial charge in [-0.25, -0.2) is 4.99 Å². The van der Waals surface area contributed by atoms with E-state index in [2.05, 4.69) is 29.0 Å². The Bertz CT molecular complexity index is 631. The fraction of sp³-hybridized carbons (Fsp3) is 0.682. The Balaban J connectivity index is 1.49. The van der Waals surface area contributed by atoms with Crippen molar-refractivity contribution in [1.82, 2.24) is 15.1 Å². The molecule has 0 amide bonds. The first-order chi connectivity index (χ1) is 14.2. The zero-order valence-electron chi connectivity index (χ0n) is 18.1. The minimum atomic E-state index is 0.00352. The highest BCUT2D eigenvalue weighted by Crippen LogP contribution is 2.20. The van der Waals surface area contributed by atoms with Crippen LogP contribution in [0.25, 0.3) is 0 Å². The molecule has 1 aromatic rings. The van der Waals surface area contributed by atoms with E-state index in [1.165, 1.54) is 6.42 Å². The summed E-state index contributed by atoms with van der Waals surface area (Å²) >= 11 is 0. The van der Waals surface area contributed by atoms with Crippen molar-refractivity contribution in [3.8, 4) is 11.5 Å². The third-order valence-electron chi connectivity index (χ3n) is 5.44. The Hall–Kier alpha value is -1.99. The molecule has 0 saturated carbocycles. The van der Waals surface area contributed by atoms with Gasteiger partial charge in [0, 0.05) is 39.3 Å². The average molecular weight is 405 g/mol. The molecule has 2 atom stereocenters. The molecule has 2 saturated heterocycles. The van der Waals surface area contributed by atoms with Crippen LogP contribution < -0.4 is 14.8 Å². The van der Waals surface area contributed by atoms with Crippen molar-refractivity contribution in [2.75, 3.05) is 66.1 Å². The molecule has 1 aromatic carbocycles. The number of hydrogen-bond acceptors (Lipinski definition) is 5. The maximum absolute atomic E-state index is 6.00. The molecular formula is C22H36N4O3. The SMILES string of the molecule is CCNC(=NCC(C)Oc1ccc(OC)cc1)N1CCC(CN2CCOCC2)C1. The first-order valence-corrected chi connectivity index (χ1v) is 10.8. The molecule has 2 heterocycles. The topological polar surface area (TPSA) is 58.6 Å². The second-order valence-corrected chi connectivity index (χ2v) is 7.81. The first kappa shape index (κ1) is 21.7. The van der Waals surface area contributed by atoms with Gasteiger partial charge in [0.1, 0.15) is 17.6 Å². The molecule has 0 aromatic heterocycles. The number of aliphatic imine (C=N–C) groups is 1. The quantitative estimate of drug-likeness (QED) is 0.529. The molecule has 7 heteroatoms. The van der Waals surface area contributed by atoms with Crippen molar-refractivity contribution in [2.45, 2.75) is 26.4 Å². The minimum Gasteiger partial charge on any atom is -0.497 e. The van der Waals surface area contributed by atoms with Gasteiger partial charge in [-0.15, -0.1) is 0 Å². The molecule has 1 N–H and O–H groups in total. The summed E-state index contributed by atoms with van der Waals surface area (Å²) < 4.78 is 16.7. The van der Waals surface area contributed by atoms with Gasteiger partial charge in [0.05, 0.1) is 26.9 Å². The summed E-state index contributed by atoms with van der Waals surface area (Å²) in [7, 11) is 1.67. The van der Waals surface area contributed by atoms with Gasteiger partial charge in [-0.1, -0.05) is 0 Å². The van der Waals surface area contributed by atoms with E-state index in [-0.39, 0.29) is 6.10 Å². The molecule has 0 spiro atoms. The van der Waals surface area contributed by atoms with Crippen molar-refractivity contribution >= 4 is 5.96 Å². The van der Waals surface area contributed by atoms with Crippen molar-refractivity contribution < 1.29 is 14.2 Å². The number of methoxy groups -OCH3 is 1. The van der Waals surface area contributed by atoms with Crippen LogP contribution in [0.15, 0.2) is 29.3 Å². The van der Waals surface area contributed by atoms with E-state index in [0.29, 0.717) is 12.5 Å². The van der Waals surface area contributed by atoms with Gasteiger partial charge in [0.25, 0.3) is 0 Å². The van der Waals surface area contributed by atoms with Gasteiger partial charge in [0.2, 0.25) is 0 Å². The first-order valence-electron chi connectivity index (χ1n) is 10.8. The number of guanidine groups is 1. The van der Waals surface area contributed by atoms with Crippen LogP contribution in [0.1, 0.15) is 20.3 Å². The molecule has 0 bridgehead atoms. The smallest absolute Gasteiger partial charge is 0.194 e. The van der Waals surface area contributed by atoms with Crippen LogP contribution in [-0.2, 0) is 4.74 Å². The highest BCUT2D eigenvalue weighted by Gasteiger charge is 2.27. The van der Waals surface area contributed by atoms with E-state index in [4.69, 9.17) is 19.2 Å². The Labute approximate surface area is 175 Å². The number of morpholine rings is 1. The average Bonchev–Trinajstić information content (AvgIpc) is 3.20. The molecule has 2 aliphatic rings. The van der Waals surface area contributed by atoms with Crippen LogP contribution in [0.5, 0.6) is 11.5 Å². The van der Waals surface area contributed by atoms with Gasteiger partial charge < -0.3 is 24.4 Å². The van der Waals surface area contributed by atoms with E-state index in [1.807, 2.05) is 24.3 Å².